The van der Waals surface area contributed by atoms with Crippen LogP contribution in [0.15, 0.2) is 0 Å². The second-order valence-corrected chi connectivity index (χ2v) is 6.10. The Kier molecular flexibility index (Phi) is 2.91. The van der Waals surface area contributed by atoms with E-state index in [-0.39, 0.29) is 0 Å². The maximum atomic E-state index is 12.0. The number of nitrogens with zero attached hydrogens (tertiary/aromatic N) is 1. The van der Waals surface area contributed by atoms with Crippen LogP contribution in [-0.2, 0) is 4.79 Å². The van der Waals surface area contributed by atoms with E-state index < -0.39 is 0 Å². The molecule has 1 aliphatic heterocycles. The number of hydrogen-bond donors (Lipinski definition) is 0. The lowest BCUT2D eigenvalue weighted by Gasteiger charge is -2.23. The van der Waals surface area contributed by atoms with Crippen LogP contribution < -0.4 is 0 Å². The summed E-state index contributed by atoms with van der Waals surface area (Å²) in [6.45, 7) is 2.16. The average Bonchev–Trinajstić information content (AvgIpc) is 2.94. The summed E-state index contributed by atoms with van der Waals surface area (Å²) in [5, 5.41) is 0. The third-order valence-electron chi connectivity index (χ3n) is 4.82. The van der Waals surface area contributed by atoms with E-state index in [1.807, 2.05) is 0 Å². The summed E-state index contributed by atoms with van der Waals surface area (Å²) in [5.41, 5.74) is 0. The third-order valence-corrected chi connectivity index (χ3v) is 4.82. The van der Waals surface area contributed by atoms with Gasteiger partial charge in [-0.2, -0.15) is 0 Å². The zero-order valence-corrected chi connectivity index (χ0v) is 10.2. The van der Waals surface area contributed by atoms with Crippen LogP contribution in [0.3, 0.4) is 0 Å². The number of likely N-dealkylation sites (tertiary alicyclic amines) is 1. The summed E-state index contributed by atoms with van der Waals surface area (Å²) < 4.78 is 0. The summed E-state index contributed by atoms with van der Waals surface area (Å²) in [6, 6.07) is 0. The third kappa shape index (κ3) is 2.26. The number of carbonyl (C=O) groups is 1. The fourth-order valence-corrected chi connectivity index (χ4v) is 3.56. The molecule has 1 amide bonds. The Labute approximate surface area is 98.4 Å². The first-order valence-corrected chi connectivity index (χ1v) is 7.10. The first kappa shape index (κ1) is 10.6. The monoisotopic (exact) mass is 221 g/mol. The summed E-state index contributed by atoms with van der Waals surface area (Å²) in [6.07, 6.45) is 10.3. The van der Waals surface area contributed by atoms with Crippen molar-refractivity contribution in [2.24, 2.45) is 17.8 Å². The Morgan fingerprint density at radius 3 is 2.44 bits per heavy atom. The molecular weight excluding hydrogens is 198 g/mol. The van der Waals surface area contributed by atoms with Crippen molar-refractivity contribution in [2.45, 2.75) is 51.4 Å². The van der Waals surface area contributed by atoms with E-state index in [1.165, 1.54) is 38.5 Å². The van der Waals surface area contributed by atoms with Gasteiger partial charge in [-0.1, -0.05) is 32.1 Å². The largest absolute Gasteiger partial charge is 0.342 e. The first-order chi connectivity index (χ1) is 7.83. The fourth-order valence-electron chi connectivity index (χ4n) is 3.56. The van der Waals surface area contributed by atoms with Crippen molar-refractivity contribution in [3.63, 3.8) is 0 Å². The van der Waals surface area contributed by atoms with E-state index in [0.717, 1.165) is 43.7 Å². The zero-order chi connectivity index (χ0) is 11.0. The highest BCUT2D eigenvalue weighted by Gasteiger charge is 2.46. The van der Waals surface area contributed by atoms with Crippen LogP contribution in [0.25, 0.3) is 0 Å². The number of hydrogen-bond acceptors (Lipinski definition) is 1. The van der Waals surface area contributed by atoms with Gasteiger partial charge in [0.05, 0.1) is 0 Å². The smallest absolute Gasteiger partial charge is 0.222 e. The van der Waals surface area contributed by atoms with Gasteiger partial charge >= 0.3 is 0 Å². The number of fused-ring (bicyclic) bond motifs is 1. The van der Waals surface area contributed by atoms with Crippen molar-refractivity contribution in [1.29, 1.82) is 0 Å². The first-order valence-electron chi connectivity index (χ1n) is 7.10. The van der Waals surface area contributed by atoms with E-state index in [2.05, 4.69) is 4.90 Å². The molecule has 90 valence electrons. The van der Waals surface area contributed by atoms with Crippen molar-refractivity contribution < 1.29 is 4.79 Å². The van der Waals surface area contributed by atoms with Crippen molar-refractivity contribution in [3.8, 4) is 0 Å². The van der Waals surface area contributed by atoms with Crippen LogP contribution in [0.4, 0.5) is 0 Å². The Morgan fingerprint density at radius 2 is 1.75 bits per heavy atom. The molecule has 2 atom stereocenters. The molecule has 0 bridgehead atoms. The molecule has 2 heteroatoms. The topological polar surface area (TPSA) is 20.3 Å². The number of rotatable bonds is 3. The Morgan fingerprint density at radius 1 is 1.06 bits per heavy atom. The Balaban J connectivity index is 1.39. The van der Waals surface area contributed by atoms with Gasteiger partial charge < -0.3 is 4.90 Å². The standard InChI is InChI=1S/C14H23NO/c16-14(15-9-12-8-13(12)10-15)7-6-11-4-2-1-3-5-11/h11-13H,1-10H2. The van der Waals surface area contributed by atoms with Crippen LogP contribution >= 0.6 is 0 Å². The summed E-state index contributed by atoms with van der Waals surface area (Å²) in [5.74, 6) is 3.07. The molecule has 2 saturated carbocycles. The lowest BCUT2D eigenvalue weighted by molar-refractivity contribution is -0.131. The molecular formula is C14H23NO. The molecule has 0 aromatic rings. The molecule has 3 fully saturated rings. The molecule has 0 radical (unpaired) electrons. The van der Waals surface area contributed by atoms with Gasteiger partial charge in [0.25, 0.3) is 0 Å². The van der Waals surface area contributed by atoms with E-state index in [4.69, 9.17) is 0 Å². The molecule has 3 aliphatic rings. The molecule has 1 saturated heterocycles. The van der Waals surface area contributed by atoms with Gasteiger partial charge in [0.1, 0.15) is 0 Å². The van der Waals surface area contributed by atoms with E-state index >= 15 is 0 Å². The Hall–Kier alpha value is -0.530. The second-order valence-electron chi connectivity index (χ2n) is 6.10. The maximum Gasteiger partial charge on any atom is 0.222 e. The number of piperidine rings is 1. The maximum absolute atomic E-state index is 12.0. The van der Waals surface area contributed by atoms with Crippen LogP contribution in [0.1, 0.15) is 51.4 Å². The molecule has 2 aliphatic carbocycles. The minimum absolute atomic E-state index is 0.442. The number of carbonyl (C=O) groups excluding carboxylic acids is 1. The zero-order valence-electron chi connectivity index (χ0n) is 10.2. The molecule has 3 rings (SSSR count). The highest BCUT2D eigenvalue weighted by atomic mass is 16.2. The number of amides is 1. The molecule has 0 N–H and O–H groups in total. The highest BCUT2D eigenvalue weighted by molar-refractivity contribution is 5.76. The lowest BCUT2D eigenvalue weighted by atomic mass is 9.86. The predicted octanol–water partition coefficient (Wildman–Crippen LogP) is 2.83. The van der Waals surface area contributed by atoms with Crippen LogP contribution in [0.2, 0.25) is 0 Å². The van der Waals surface area contributed by atoms with Gasteiger partial charge in [0.2, 0.25) is 5.91 Å². The van der Waals surface area contributed by atoms with Crippen molar-refractivity contribution in [3.05, 3.63) is 0 Å². The molecule has 0 aromatic carbocycles. The van der Waals surface area contributed by atoms with Gasteiger partial charge in [-0.3, -0.25) is 4.79 Å². The molecule has 1 heterocycles. The van der Waals surface area contributed by atoms with Crippen LogP contribution in [-0.4, -0.2) is 23.9 Å². The van der Waals surface area contributed by atoms with Gasteiger partial charge in [-0.15, -0.1) is 0 Å². The predicted molar refractivity (Wildman–Crippen MR) is 64.0 cm³/mol. The van der Waals surface area contributed by atoms with E-state index in [9.17, 15) is 4.79 Å². The van der Waals surface area contributed by atoms with Gasteiger partial charge in [-0.25, -0.2) is 0 Å². The van der Waals surface area contributed by atoms with E-state index in [1.54, 1.807) is 0 Å². The SMILES string of the molecule is O=C(CCC1CCCCC1)N1CC2CC2C1. The molecule has 2 nitrogen and oxygen atoms in total. The quantitative estimate of drug-likeness (QED) is 0.717. The van der Waals surface area contributed by atoms with Gasteiger partial charge in [-0.05, 0) is 30.6 Å². The summed E-state index contributed by atoms with van der Waals surface area (Å²) in [7, 11) is 0. The van der Waals surface area contributed by atoms with Crippen molar-refractivity contribution >= 4 is 5.91 Å². The van der Waals surface area contributed by atoms with Crippen LogP contribution in [0, 0.1) is 17.8 Å². The molecule has 0 spiro atoms. The minimum Gasteiger partial charge on any atom is -0.342 e. The van der Waals surface area contributed by atoms with Crippen molar-refractivity contribution in [1.82, 2.24) is 4.90 Å². The molecule has 0 aromatic heterocycles. The Bertz CT molecular complexity index is 260. The second kappa shape index (κ2) is 4.38. The highest BCUT2D eigenvalue weighted by Crippen LogP contribution is 2.45. The molecule has 2 unspecified atom stereocenters. The van der Waals surface area contributed by atoms with E-state index in [0.29, 0.717) is 5.91 Å². The average molecular weight is 221 g/mol. The molecule has 16 heavy (non-hydrogen) atoms. The van der Waals surface area contributed by atoms with Crippen LogP contribution in [0.5, 0.6) is 0 Å². The summed E-state index contributed by atoms with van der Waals surface area (Å²) >= 11 is 0. The lowest BCUT2D eigenvalue weighted by Crippen LogP contribution is -2.30. The minimum atomic E-state index is 0.442. The van der Waals surface area contributed by atoms with Gasteiger partial charge in [0.15, 0.2) is 0 Å². The normalized spacial score (nSPS) is 33.9. The summed E-state index contributed by atoms with van der Waals surface area (Å²) in [4.78, 5) is 14.1. The fraction of sp³-hybridized carbons (Fsp3) is 0.929. The van der Waals surface area contributed by atoms with Crippen molar-refractivity contribution in [2.75, 3.05) is 13.1 Å². The van der Waals surface area contributed by atoms with Gasteiger partial charge in [0, 0.05) is 19.5 Å².